The summed E-state index contributed by atoms with van der Waals surface area (Å²) < 4.78 is 5.45. The van der Waals surface area contributed by atoms with Gasteiger partial charge in [-0.1, -0.05) is 41.4 Å². The Kier molecular flexibility index (Phi) is 5.31. The first-order valence-corrected chi connectivity index (χ1v) is 7.04. The number of hydrogen-bond acceptors (Lipinski definition) is 3. The van der Waals surface area contributed by atoms with Gasteiger partial charge in [-0.2, -0.15) is 0 Å². The van der Waals surface area contributed by atoms with E-state index >= 15 is 0 Å². The van der Waals surface area contributed by atoms with E-state index < -0.39 is 0 Å². The summed E-state index contributed by atoms with van der Waals surface area (Å²) >= 11 is 11.8. The number of anilines is 2. The third-order valence-corrected chi connectivity index (χ3v) is 3.33. The third kappa shape index (κ3) is 4.55. The van der Waals surface area contributed by atoms with Gasteiger partial charge in [0.15, 0.2) is 0 Å². The molecule has 2 aromatic carbocycles. The second kappa shape index (κ2) is 7.20. The lowest BCUT2D eigenvalue weighted by Gasteiger charge is -2.09. The molecule has 2 rings (SSSR count). The van der Waals surface area contributed by atoms with Crippen LogP contribution in [0.4, 0.5) is 11.4 Å². The van der Waals surface area contributed by atoms with Crippen molar-refractivity contribution < 1.29 is 9.53 Å². The van der Waals surface area contributed by atoms with E-state index in [1.165, 1.54) is 0 Å². The number of ether oxygens (including phenoxy) is 1. The summed E-state index contributed by atoms with van der Waals surface area (Å²) in [5, 5.41) is 3.30. The lowest BCUT2D eigenvalue weighted by atomic mass is 10.2. The van der Waals surface area contributed by atoms with Gasteiger partial charge in [0.2, 0.25) is 5.91 Å². The minimum Gasteiger partial charge on any atom is -0.493 e. The Morgan fingerprint density at radius 1 is 1.14 bits per heavy atom. The molecular formula is C15H14Cl2N2O2. The molecule has 0 aliphatic heterocycles. The number of nitrogen functional groups attached to an aromatic ring is 1. The molecule has 2 aromatic rings. The predicted octanol–water partition coefficient (Wildman–Crippen LogP) is 3.98. The number of rotatable bonds is 5. The summed E-state index contributed by atoms with van der Waals surface area (Å²) in [4.78, 5) is 11.8. The molecule has 0 saturated carbocycles. The van der Waals surface area contributed by atoms with Crippen molar-refractivity contribution >= 4 is 40.5 Å². The zero-order chi connectivity index (χ0) is 15.2. The zero-order valence-electron chi connectivity index (χ0n) is 11.1. The summed E-state index contributed by atoms with van der Waals surface area (Å²) in [5.74, 6) is 0.534. The van der Waals surface area contributed by atoms with Gasteiger partial charge in [0.1, 0.15) is 5.75 Å². The van der Waals surface area contributed by atoms with Crippen LogP contribution in [-0.2, 0) is 4.79 Å². The Hall–Kier alpha value is -1.91. The van der Waals surface area contributed by atoms with Crippen LogP contribution in [0.5, 0.6) is 5.75 Å². The molecule has 0 fully saturated rings. The Labute approximate surface area is 132 Å². The van der Waals surface area contributed by atoms with Gasteiger partial charge in [-0.25, -0.2) is 0 Å². The van der Waals surface area contributed by atoms with E-state index in [0.717, 1.165) is 5.75 Å². The summed E-state index contributed by atoms with van der Waals surface area (Å²) in [6, 6.07) is 12.4. The van der Waals surface area contributed by atoms with Crippen molar-refractivity contribution in [2.45, 2.75) is 6.42 Å². The van der Waals surface area contributed by atoms with Gasteiger partial charge in [-0.15, -0.1) is 0 Å². The molecule has 0 aliphatic rings. The Bertz CT molecular complexity index is 610. The summed E-state index contributed by atoms with van der Waals surface area (Å²) in [6.45, 7) is 0.284. The van der Waals surface area contributed by atoms with Gasteiger partial charge in [-0.3, -0.25) is 4.79 Å². The highest BCUT2D eigenvalue weighted by Crippen LogP contribution is 2.31. The number of halogens is 2. The van der Waals surface area contributed by atoms with E-state index in [9.17, 15) is 4.79 Å². The maximum atomic E-state index is 11.8. The molecule has 4 nitrogen and oxygen atoms in total. The van der Waals surface area contributed by atoms with E-state index in [-0.39, 0.29) is 18.9 Å². The quantitative estimate of drug-likeness (QED) is 0.817. The fourth-order valence-electron chi connectivity index (χ4n) is 1.66. The number of amides is 1. The second-order valence-corrected chi connectivity index (χ2v) is 5.13. The highest BCUT2D eigenvalue weighted by atomic mass is 35.5. The number of nitrogens with two attached hydrogens (primary N) is 1. The van der Waals surface area contributed by atoms with Crippen molar-refractivity contribution in [1.82, 2.24) is 0 Å². The van der Waals surface area contributed by atoms with Crippen LogP contribution in [-0.4, -0.2) is 12.5 Å². The second-order valence-electron chi connectivity index (χ2n) is 4.31. The lowest BCUT2D eigenvalue weighted by Crippen LogP contribution is -2.15. The fraction of sp³-hybridized carbons (Fsp3) is 0.133. The molecule has 6 heteroatoms. The molecule has 110 valence electrons. The van der Waals surface area contributed by atoms with Crippen molar-refractivity contribution in [3.05, 3.63) is 52.5 Å². The maximum Gasteiger partial charge on any atom is 0.227 e. The molecule has 0 bridgehead atoms. The SMILES string of the molecule is Nc1c(Cl)cc(NC(=O)CCOc2ccccc2)cc1Cl. The topological polar surface area (TPSA) is 64.3 Å². The predicted molar refractivity (Wildman–Crippen MR) is 86.1 cm³/mol. The smallest absolute Gasteiger partial charge is 0.227 e. The Morgan fingerprint density at radius 3 is 2.38 bits per heavy atom. The van der Waals surface area contributed by atoms with Crippen molar-refractivity contribution in [3.63, 3.8) is 0 Å². The average Bonchev–Trinajstić information content (AvgIpc) is 2.46. The number of benzene rings is 2. The number of para-hydroxylation sites is 1. The van der Waals surface area contributed by atoms with Crippen LogP contribution < -0.4 is 15.8 Å². The molecule has 0 unspecified atom stereocenters. The normalized spacial score (nSPS) is 10.2. The maximum absolute atomic E-state index is 11.8. The van der Waals surface area contributed by atoms with Crippen LogP contribution in [0.2, 0.25) is 10.0 Å². The molecule has 0 atom stereocenters. The number of hydrogen-bond donors (Lipinski definition) is 2. The first kappa shape index (κ1) is 15.5. The minimum absolute atomic E-state index is 0.192. The number of carbonyl (C=O) groups excluding carboxylic acids is 1. The third-order valence-electron chi connectivity index (χ3n) is 2.70. The molecule has 0 spiro atoms. The van der Waals surface area contributed by atoms with E-state index in [1.807, 2.05) is 30.3 Å². The monoisotopic (exact) mass is 324 g/mol. The molecule has 0 heterocycles. The van der Waals surface area contributed by atoms with Gasteiger partial charge >= 0.3 is 0 Å². The summed E-state index contributed by atoms with van der Waals surface area (Å²) in [5.41, 5.74) is 6.43. The minimum atomic E-state index is -0.192. The zero-order valence-corrected chi connectivity index (χ0v) is 12.6. The number of nitrogens with one attached hydrogen (secondary N) is 1. The van der Waals surface area contributed by atoms with Crippen LogP contribution in [0.1, 0.15) is 6.42 Å². The lowest BCUT2D eigenvalue weighted by molar-refractivity contribution is -0.116. The van der Waals surface area contributed by atoms with Crippen molar-refractivity contribution in [3.8, 4) is 5.75 Å². The van der Waals surface area contributed by atoms with E-state index in [1.54, 1.807) is 12.1 Å². The molecule has 3 N–H and O–H groups in total. The van der Waals surface area contributed by atoms with Crippen LogP contribution in [0.25, 0.3) is 0 Å². The number of carbonyl (C=O) groups is 1. The standard InChI is InChI=1S/C15H14Cl2N2O2/c16-12-8-10(9-13(17)15(12)18)19-14(20)6-7-21-11-4-2-1-3-5-11/h1-5,8-9H,6-7,18H2,(H,19,20). The Balaban J connectivity index is 1.85. The molecule has 0 aromatic heterocycles. The first-order chi connectivity index (χ1) is 10.1. The largest absolute Gasteiger partial charge is 0.493 e. The van der Waals surface area contributed by atoms with E-state index in [4.69, 9.17) is 33.7 Å². The van der Waals surface area contributed by atoms with Crippen molar-refractivity contribution in [2.75, 3.05) is 17.7 Å². The van der Waals surface area contributed by atoms with Gasteiger partial charge in [0.25, 0.3) is 0 Å². The van der Waals surface area contributed by atoms with Crippen LogP contribution in [0, 0.1) is 0 Å². The molecular weight excluding hydrogens is 311 g/mol. The highest BCUT2D eigenvalue weighted by molar-refractivity contribution is 6.39. The average molecular weight is 325 g/mol. The van der Waals surface area contributed by atoms with Crippen LogP contribution in [0.3, 0.4) is 0 Å². The van der Waals surface area contributed by atoms with Gasteiger partial charge in [0.05, 0.1) is 28.8 Å². The van der Waals surface area contributed by atoms with Gasteiger partial charge in [-0.05, 0) is 24.3 Å². The Morgan fingerprint density at radius 2 is 1.76 bits per heavy atom. The molecule has 0 saturated heterocycles. The summed E-state index contributed by atoms with van der Waals surface area (Å²) in [6.07, 6.45) is 0.217. The molecule has 0 aliphatic carbocycles. The van der Waals surface area contributed by atoms with Gasteiger partial charge in [0, 0.05) is 5.69 Å². The highest BCUT2D eigenvalue weighted by Gasteiger charge is 2.08. The fourth-order valence-corrected chi connectivity index (χ4v) is 2.15. The van der Waals surface area contributed by atoms with Crippen molar-refractivity contribution in [2.24, 2.45) is 0 Å². The van der Waals surface area contributed by atoms with E-state index in [0.29, 0.717) is 21.4 Å². The van der Waals surface area contributed by atoms with Crippen LogP contribution >= 0.6 is 23.2 Å². The van der Waals surface area contributed by atoms with Crippen LogP contribution in [0.15, 0.2) is 42.5 Å². The van der Waals surface area contributed by atoms with E-state index in [2.05, 4.69) is 5.32 Å². The molecule has 1 amide bonds. The molecule has 21 heavy (non-hydrogen) atoms. The molecule has 0 radical (unpaired) electrons. The van der Waals surface area contributed by atoms with Crippen molar-refractivity contribution in [1.29, 1.82) is 0 Å². The first-order valence-electron chi connectivity index (χ1n) is 6.28. The van der Waals surface area contributed by atoms with Gasteiger partial charge < -0.3 is 15.8 Å². The summed E-state index contributed by atoms with van der Waals surface area (Å²) in [7, 11) is 0.